The van der Waals surface area contributed by atoms with E-state index in [-0.39, 0.29) is 0 Å². The molecule has 21 heavy (non-hydrogen) atoms. The third kappa shape index (κ3) is 4.99. The van der Waals surface area contributed by atoms with Crippen LogP contribution < -0.4 is 4.74 Å². The van der Waals surface area contributed by atoms with Crippen molar-refractivity contribution in [3.63, 3.8) is 0 Å². The van der Waals surface area contributed by atoms with Crippen LogP contribution in [0.3, 0.4) is 0 Å². The van der Waals surface area contributed by atoms with Crippen LogP contribution in [0.4, 0.5) is 0 Å². The molecule has 3 rings (SSSR count). The summed E-state index contributed by atoms with van der Waals surface area (Å²) < 4.78 is 10.9. The Morgan fingerprint density at radius 2 is 2.05 bits per heavy atom. The summed E-state index contributed by atoms with van der Waals surface area (Å²) in [6, 6.07) is 8.50. The Hall–Kier alpha value is -1.10. The van der Waals surface area contributed by atoms with Crippen molar-refractivity contribution in [2.75, 3.05) is 53.0 Å². The second-order valence-electron chi connectivity index (χ2n) is 6.16. The van der Waals surface area contributed by atoms with Crippen molar-refractivity contribution >= 4 is 0 Å². The maximum atomic E-state index is 5.74. The second kappa shape index (κ2) is 7.25. The number of benzene rings is 1. The number of hydrogen-bond donors (Lipinski definition) is 0. The predicted octanol–water partition coefficient (Wildman–Crippen LogP) is 1.64. The van der Waals surface area contributed by atoms with Gasteiger partial charge in [-0.1, -0.05) is 12.1 Å². The van der Waals surface area contributed by atoms with E-state index in [0.29, 0.717) is 12.7 Å². The van der Waals surface area contributed by atoms with Crippen LogP contribution in [0.2, 0.25) is 0 Å². The molecule has 4 heteroatoms. The largest absolute Gasteiger partial charge is 0.491 e. The summed E-state index contributed by atoms with van der Waals surface area (Å²) in [5, 5.41) is 0. The Kier molecular flexibility index (Phi) is 5.12. The van der Waals surface area contributed by atoms with E-state index in [1.165, 1.54) is 44.7 Å². The molecule has 0 radical (unpaired) electrons. The van der Waals surface area contributed by atoms with Gasteiger partial charge in [0.25, 0.3) is 0 Å². The molecule has 1 aromatic carbocycles. The summed E-state index contributed by atoms with van der Waals surface area (Å²) in [5.74, 6) is 0.975. The number of rotatable bonds is 7. The van der Waals surface area contributed by atoms with Crippen LogP contribution in [0.5, 0.6) is 5.75 Å². The molecule has 1 unspecified atom stereocenters. The van der Waals surface area contributed by atoms with Crippen molar-refractivity contribution in [3.8, 4) is 5.75 Å². The minimum Gasteiger partial charge on any atom is -0.491 e. The van der Waals surface area contributed by atoms with Crippen LogP contribution in [-0.2, 0) is 11.2 Å². The zero-order valence-corrected chi connectivity index (χ0v) is 13.0. The van der Waals surface area contributed by atoms with Gasteiger partial charge in [-0.2, -0.15) is 0 Å². The highest BCUT2D eigenvalue weighted by atomic mass is 16.6. The molecule has 1 aromatic rings. The summed E-state index contributed by atoms with van der Waals surface area (Å²) in [7, 11) is 2.20. The van der Waals surface area contributed by atoms with E-state index >= 15 is 0 Å². The molecule has 0 aromatic heterocycles. The molecule has 1 atom stereocenters. The van der Waals surface area contributed by atoms with Gasteiger partial charge in [0.15, 0.2) is 0 Å². The standard InChI is InChI=1S/C17H26N2O2/c1-18-8-10-19(11-9-18)7-3-5-15-4-2-6-16(12-15)20-13-17-14-21-17/h2,4,6,12,17H,3,5,7-11,13-14H2,1H3. The monoisotopic (exact) mass is 290 g/mol. The smallest absolute Gasteiger partial charge is 0.119 e. The van der Waals surface area contributed by atoms with Gasteiger partial charge in [-0.25, -0.2) is 0 Å². The van der Waals surface area contributed by atoms with Gasteiger partial charge in [-0.3, -0.25) is 0 Å². The average Bonchev–Trinajstić information content (AvgIpc) is 3.32. The second-order valence-corrected chi connectivity index (χ2v) is 6.16. The molecule has 2 fully saturated rings. The van der Waals surface area contributed by atoms with E-state index in [1.54, 1.807) is 0 Å². The summed E-state index contributed by atoms with van der Waals surface area (Å²) in [4.78, 5) is 4.98. The number of hydrogen-bond acceptors (Lipinski definition) is 4. The van der Waals surface area contributed by atoms with Crippen LogP contribution >= 0.6 is 0 Å². The van der Waals surface area contributed by atoms with E-state index in [0.717, 1.165) is 18.8 Å². The van der Waals surface area contributed by atoms with E-state index in [9.17, 15) is 0 Å². The first-order valence-electron chi connectivity index (χ1n) is 8.04. The SMILES string of the molecule is CN1CCN(CCCc2cccc(OCC3CO3)c2)CC1. The van der Waals surface area contributed by atoms with Gasteiger partial charge in [0.1, 0.15) is 18.5 Å². The highest BCUT2D eigenvalue weighted by Crippen LogP contribution is 2.17. The zero-order chi connectivity index (χ0) is 14.5. The quantitative estimate of drug-likeness (QED) is 0.714. The van der Waals surface area contributed by atoms with Crippen LogP contribution in [0.15, 0.2) is 24.3 Å². The van der Waals surface area contributed by atoms with Gasteiger partial charge < -0.3 is 19.3 Å². The predicted molar refractivity (Wildman–Crippen MR) is 83.9 cm³/mol. The average molecular weight is 290 g/mol. The van der Waals surface area contributed by atoms with E-state index in [2.05, 4.69) is 35.0 Å². The Bertz CT molecular complexity index is 440. The molecule has 0 amide bonds. The lowest BCUT2D eigenvalue weighted by Crippen LogP contribution is -2.44. The van der Waals surface area contributed by atoms with Crippen molar-refractivity contribution in [3.05, 3.63) is 29.8 Å². The summed E-state index contributed by atoms with van der Waals surface area (Å²) in [5.41, 5.74) is 1.37. The highest BCUT2D eigenvalue weighted by Gasteiger charge is 2.23. The molecule has 0 saturated carbocycles. The van der Waals surface area contributed by atoms with Gasteiger partial charge in [0.05, 0.1) is 6.61 Å². The Morgan fingerprint density at radius 1 is 1.24 bits per heavy atom. The molecule has 2 aliphatic heterocycles. The van der Waals surface area contributed by atoms with E-state index in [1.807, 2.05) is 6.07 Å². The van der Waals surface area contributed by atoms with E-state index in [4.69, 9.17) is 9.47 Å². The molecule has 2 aliphatic rings. The minimum atomic E-state index is 0.325. The first-order valence-corrected chi connectivity index (χ1v) is 8.04. The third-order valence-corrected chi connectivity index (χ3v) is 4.27. The molecular weight excluding hydrogens is 264 g/mol. The van der Waals surface area contributed by atoms with Crippen molar-refractivity contribution in [2.24, 2.45) is 0 Å². The summed E-state index contributed by atoms with van der Waals surface area (Å²) in [6.07, 6.45) is 2.67. The van der Waals surface area contributed by atoms with Crippen molar-refractivity contribution in [1.82, 2.24) is 9.80 Å². The number of likely N-dealkylation sites (N-methyl/N-ethyl adjacent to an activating group) is 1. The van der Waals surface area contributed by atoms with Gasteiger partial charge in [0.2, 0.25) is 0 Å². The fraction of sp³-hybridized carbons (Fsp3) is 0.647. The van der Waals surface area contributed by atoms with Crippen molar-refractivity contribution in [1.29, 1.82) is 0 Å². The van der Waals surface area contributed by atoms with Crippen LogP contribution in [0, 0.1) is 0 Å². The van der Waals surface area contributed by atoms with Gasteiger partial charge >= 0.3 is 0 Å². The summed E-state index contributed by atoms with van der Waals surface area (Å²) in [6.45, 7) is 7.56. The first kappa shape index (κ1) is 14.8. The normalized spacial score (nSPS) is 23.2. The molecule has 0 aliphatic carbocycles. The van der Waals surface area contributed by atoms with Crippen LogP contribution in [0.25, 0.3) is 0 Å². The van der Waals surface area contributed by atoms with Crippen LogP contribution in [-0.4, -0.2) is 68.9 Å². The molecule has 0 N–H and O–H groups in total. The topological polar surface area (TPSA) is 28.2 Å². The third-order valence-electron chi connectivity index (χ3n) is 4.27. The number of ether oxygens (including phenoxy) is 2. The van der Waals surface area contributed by atoms with Crippen molar-refractivity contribution < 1.29 is 9.47 Å². The molecular formula is C17H26N2O2. The highest BCUT2D eigenvalue weighted by molar-refractivity contribution is 5.28. The van der Waals surface area contributed by atoms with Gasteiger partial charge in [-0.05, 0) is 44.1 Å². The Morgan fingerprint density at radius 3 is 2.81 bits per heavy atom. The number of epoxide rings is 1. The minimum absolute atomic E-state index is 0.325. The van der Waals surface area contributed by atoms with E-state index < -0.39 is 0 Å². The molecule has 2 heterocycles. The fourth-order valence-corrected chi connectivity index (χ4v) is 2.72. The maximum Gasteiger partial charge on any atom is 0.119 e. The van der Waals surface area contributed by atoms with Crippen LogP contribution in [0.1, 0.15) is 12.0 Å². The summed E-state index contributed by atoms with van der Waals surface area (Å²) >= 11 is 0. The molecule has 2 saturated heterocycles. The Balaban J connectivity index is 1.38. The van der Waals surface area contributed by atoms with Crippen molar-refractivity contribution in [2.45, 2.75) is 18.9 Å². The number of piperazine rings is 1. The molecule has 4 nitrogen and oxygen atoms in total. The molecule has 116 valence electrons. The first-order chi connectivity index (χ1) is 10.3. The maximum absolute atomic E-state index is 5.74. The number of aryl methyl sites for hydroxylation is 1. The molecule has 0 bridgehead atoms. The lowest BCUT2D eigenvalue weighted by atomic mass is 10.1. The lowest BCUT2D eigenvalue weighted by molar-refractivity contribution is 0.153. The van der Waals surface area contributed by atoms with Gasteiger partial charge in [0, 0.05) is 26.2 Å². The zero-order valence-electron chi connectivity index (χ0n) is 13.0. The Labute approximate surface area is 127 Å². The fourth-order valence-electron chi connectivity index (χ4n) is 2.72. The number of nitrogens with zero attached hydrogens (tertiary/aromatic N) is 2. The molecule has 0 spiro atoms. The lowest BCUT2D eigenvalue weighted by Gasteiger charge is -2.32. The van der Waals surface area contributed by atoms with Gasteiger partial charge in [-0.15, -0.1) is 0 Å².